The molecule has 0 aliphatic carbocycles. The highest BCUT2D eigenvalue weighted by Gasteiger charge is 2.44. The first-order valence-corrected chi connectivity index (χ1v) is 13.4. The molecular weight excluding hydrogens is 546 g/mol. The molecular formula is C26H24ClN5O6S. The Labute approximate surface area is 231 Å². The fourth-order valence-corrected chi connectivity index (χ4v) is 5.90. The van der Waals surface area contributed by atoms with Gasteiger partial charge in [-0.15, -0.1) is 11.3 Å². The van der Waals surface area contributed by atoms with Crippen molar-refractivity contribution in [2.24, 2.45) is 0 Å². The highest BCUT2D eigenvalue weighted by molar-refractivity contribution is 7.18. The van der Waals surface area contributed by atoms with Crippen LogP contribution in [-0.2, 0) is 15.1 Å². The zero-order chi connectivity index (χ0) is 28.1. The van der Waals surface area contributed by atoms with Crippen LogP contribution in [0.3, 0.4) is 0 Å². The minimum absolute atomic E-state index is 0.0290. The molecule has 3 N–H and O–H groups in total. The van der Waals surface area contributed by atoms with Crippen LogP contribution in [0.15, 0.2) is 30.3 Å². The van der Waals surface area contributed by atoms with Gasteiger partial charge in [0.05, 0.1) is 28.0 Å². The zero-order valence-corrected chi connectivity index (χ0v) is 22.8. The first kappa shape index (κ1) is 26.6. The summed E-state index contributed by atoms with van der Waals surface area (Å²) in [5.74, 6) is -1.86. The number of nitrogens with one attached hydrogen (secondary N) is 3. The van der Waals surface area contributed by atoms with Crippen LogP contribution in [0.2, 0.25) is 5.02 Å². The number of imide groups is 2. The maximum Gasteiger partial charge on any atom is 0.319 e. The van der Waals surface area contributed by atoms with E-state index in [-0.39, 0.29) is 29.7 Å². The predicted octanol–water partition coefficient (Wildman–Crippen LogP) is 3.81. The van der Waals surface area contributed by atoms with Gasteiger partial charge in [0.15, 0.2) is 0 Å². The third-order valence-corrected chi connectivity index (χ3v) is 7.93. The molecule has 0 saturated carbocycles. The van der Waals surface area contributed by atoms with Gasteiger partial charge in [-0.1, -0.05) is 11.6 Å². The third-order valence-electron chi connectivity index (χ3n) is 6.38. The van der Waals surface area contributed by atoms with E-state index >= 15 is 0 Å². The lowest BCUT2D eigenvalue weighted by Crippen LogP contribution is -2.54. The van der Waals surface area contributed by atoms with Gasteiger partial charge in [-0.3, -0.25) is 29.4 Å². The van der Waals surface area contributed by atoms with Crippen molar-refractivity contribution < 1.29 is 28.7 Å². The highest BCUT2D eigenvalue weighted by Crippen LogP contribution is 2.37. The largest absolute Gasteiger partial charge is 0.492 e. The SMILES string of the molecule is CCOc1cc(Cl)cc2sc(C(C)(C)NC(=O)Nc3ccc4c(c3)C(=O)N(C3CCC(=O)NC3=O)C4=O)nc12. The van der Waals surface area contributed by atoms with E-state index in [9.17, 15) is 24.0 Å². The Morgan fingerprint density at radius 3 is 2.64 bits per heavy atom. The van der Waals surface area contributed by atoms with Crippen LogP contribution in [0.1, 0.15) is 59.3 Å². The van der Waals surface area contributed by atoms with Gasteiger partial charge in [-0.25, -0.2) is 9.78 Å². The van der Waals surface area contributed by atoms with Crippen LogP contribution in [-0.4, -0.2) is 52.2 Å². The monoisotopic (exact) mass is 569 g/mol. The predicted molar refractivity (Wildman–Crippen MR) is 144 cm³/mol. The zero-order valence-electron chi connectivity index (χ0n) is 21.2. The first-order valence-electron chi connectivity index (χ1n) is 12.2. The Kier molecular flexibility index (Phi) is 6.77. The van der Waals surface area contributed by atoms with E-state index in [1.165, 1.54) is 29.5 Å². The van der Waals surface area contributed by atoms with Crippen LogP contribution in [0.25, 0.3) is 10.2 Å². The summed E-state index contributed by atoms with van der Waals surface area (Å²) in [6.07, 6.45) is 0.0873. The fraction of sp³-hybridized carbons (Fsp3) is 0.308. The van der Waals surface area contributed by atoms with Crippen molar-refractivity contribution in [3.63, 3.8) is 0 Å². The molecule has 1 fully saturated rings. The Balaban J connectivity index is 1.32. The fourth-order valence-electron chi connectivity index (χ4n) is 4.55. The number of carbonyl (C=O) groups is 5. The molecule has 1 atom stereocenters. The van der Waals surface area contributed by atoms with Gasteiger partial charge < -0.3 is 15.4 Å². The minimum Gasteiger partial charge on any atom is -0.492 e. The number of fused-ring (bicyclic) bond motifs is 2. The van der Waals surface area contributed by atoms with E-state index < -0.39 is 41.2 Å². The average molecular weight is 570 g/mol. The molecule has 1 aromatic heterocycles. The molecule has 6 amide bonds. The van der Waals surface area contributed by atoms with Gasteiger partial charge in [0.1, 0.15) is 22.3 Å². The molecule has 202 valence electrons. The highest BCUT2D eigenvalue weighted by atomic mass is 35.5. The lowest BCUT2D eigenvalue weighted by atomic mass is 10.0. The molecule has 1 saturated heterocycles. The van der Waals surface area contributed by atoms with Crippen LogP contribution in [0.4, 0.5) is 10.5 Å². The Bertz CT molecular complexity index is 1570. The summed E-state index contributed by atoms with van der Waals surface area (Å²) in [5.41, 5.74) is 0.235. The van der Waals surface area contributed by atoms with E-state index in [0.29, 0.717) is 27.9 Å². The second kappa shape index (κ2) is 9.93. The van der Waals surface area contributed by atoms with Crippen LogP contribution < -0.4 is 20.7 Å². The summed E-state index contributed by atoms with van der Waals surface area (Å²) in [6.45, 7) is 5.92. The summed E-state index contributed by atoms with van der Waals surface area (Å²) < 4.78 is 6.48. The molecule has 0 radical (unpaired) electrons. The second-order valence-electron chi connectivity index (χ2n) is 9.61. The van der Waals surface area contributed by atoms with Gasteiger partial charge >= 0.3 is 6.03 Å². The van der Waals surface area contributed by atoms with Gasteiger partial charge in [0.25, 0.3) is 11.8 Å². The number of halogens is 1. The number of amides is 6. The second-order valence-corrected chi connectivity index (χ2v) is 11.1. The maximum atomic E-state index is 13.1. The quantitative estimate of drug-likeness (QED) is 0.382. The molecule has 2 aliphatic rings. The maximum absolute atomic E-state index is 13.1. The molecule has 5 rings (SSSR count). The molecule has 11 nitrogen and oxygen atoms in total. The number of aromatic nitrogens is 1. The molecule has 3 heterocycles. The van der Waals surface area contributed by atoms with Gasteiger partial charge in [0, 0.05) is 23.2 Å². The summed E-state index contributed by atoms with van der Waals surface area (Å²) in [5, 5.41) is 8.88. The molecule has 2 aromatic carbocycles. The number of thiazole rings is 1. The molecule has 13 heteroatoms. The first-order chi connectivity index (χ1) is 18.5. The van der Waals surface area contributed by atoms with Crippen LogP contribution in [0.5, 0.6) is 5.75 Å². The molecule has 2 aliphatic heterocycles. The van der Waals surface area contributed by atoms with Crippen molar-refractivity contribution in [2.75, 3.05) is 11.9 Å². The van der Waals surface area contributed by atoms with Crippen molar-refractivity contribution in [3.05, 3.63) is 51.5 Å². The number of rotatable bonds is 6. The molecule has 0 bridgehead atoms. The number of piperidine rings is 1. The van der Waals surface area contributed by atoms with Crippen LogP contribution in [0, 0.1) is 0 Å². The van der Waals surface area contributed by atoms with Crippen molar-refractivity contribution in [2.45, 2.75) is 45.2 Å². The number of ether oxygens (including phenoxy) is 1. The number of hydrogen-bond donors (Lipinski definition) is 3. The van der Waals surface area contributed by atoms with E-state index in [0.717, 1.165) is 9.60 Å². The van der Waals surface area contributed by atoms with E-state index in [1.54, 1.807) is 26.0 Å². The molecule has 39 heavy (non-hydrogen) atoms. The Hall–Kier alpha value is -4.03. The lowest BCUT2D eigenvalue weighted by molar-refractivity contribution is -0.136. The van der Waals surface area contributed by atoms with Gasteiger partial charge in [-0.2, -0.15) is 0 Å². The van der Waals surface area contributed by atoms with Crippen molar-refractivity contribution >= 4 is 68.5 Å². The van der Waals surface area contributed by atoms with E-state index in [4.69, 9.17) is 16.3 Å². The third kappa shape index (κ3) is 4.92. The van der Waals surface area contributed by atoms with Crippen molar-refractivity contribution in [1.29, 1.82) is 0 Å². The topological polar surface area (TPSA) is 147 Å². The van der Waals surface area contributed by atoms with E-state index in [1.807, 2.05) is 6.92 Å². The molecule has 0 spiro atoms. The average Bonchev–Trinajstić information content (AvgIpc) is 3.39. The summed E-state index contributed by atoms with van der Waals surface area (Å²) in [6, 6.07) is 6.18. The Morgan fingerprint density at radius 2 is 1.92 bits per heavy atom. The number of urea groups is 1. The number of carbonyl (C=O) groups excluding carboxylic acids is 5. The summed E-state index contributed by atoms with van der Waals surface area (Å²) in [7, 11) is 0. The molecule has 1 unspecified atom stereocenters. The van der Waals surface area contributed by atoms with Crippen molar-refractivity contribution in [3.8, 4) is 5.75 Å². The number of hydrogen-bond acceptors (Lipinski definition) is 8. The Morgan fingerprint density at radius 1 is 1.18 bits per heavy atom. The standard InChI is InChI=1S/C26H24ClN5O6S/c1-4-38-17-9-12(27)10-18-20(17)30-24(39-18)26(2,3)31-25(37)28-13-5-6-14-15(11-13)23(36)32(22(14)35)16-7-8-19(33)29-21(16)34/h5-6,9-11,16H,4,7-8H2,1-3H3,(H2,28,31,37)(H,29,33,34). The number of nitrogens with zero attached hydrogens (tertiary/aromatic N) is 2. The van der Waals surface area contributed by atoms with Crippen molar-refractivity contribution in [1.82, 2.24) is 20.5 Å². The van der Waals surface area contributed by atoms with Crippen LogP contribution >= 0.6 is 22.9 Å². The minimum atomic E-state index is -1.07. The normalized spacial score (nSPS) is 17.3. The lowest BCUT2D eigenvalue weighted by Gasteiger charge is -2.27. The van der Waals surface area contributed by atoms with Gasteiger partial charge in [0.2, 0.25) is 11.8 Å². The summed E-state index contributed by atoms with van der Waals surface area (Å²) in [4.78, 5) is 68.2. The number of anilines is 1. The van der Waals surface area contributed by atoms with Gasteiger partial charge in [-0.05, 0) is 51.5 Å². The van der Waals surface area contributed by atoms with E-state index in [2.05, 4.69) is 20.9 Å². The number of benzene rings is 2. The smallest absolute Gasteiger partial charge is 0.319 e. The summed E-state index contributed by atoms with van der Waals surface area (Å²) >= 11 is 7.60. The molecule has 3 aromatic rings.